The molecule has 3 nitrogen and oxygen atoms in total. The third kappa shape index (κ3) is 5.21. The zero-order chi connectivity index (χ0) is 16.5. The minimum Gasteiger partial charge on any atom is -0.464 e. The highest BCUT2D eigenvalue weighted by molar-refractivity contribution is 5.79. The van der Waals surface area contributed by atoms with Crippen LogP contribution in [-0.4, -0.2) is 37.1 Å². The van der Waals surface area contributed by atoms with Crippen molar-refractivity contribution in [2.75, 3.05) is 26.2 Å². The topological polar surface area (TPSA) is 29.5 Å². The molecule has 0 bridgehead atoms. The van der Waals surface area contributed by atoms with Crippen molar-refractivity contribution in [3.8, 4) is 0 Å². The molecule has 0 N–H and O–H groups in total. The van der Waals surface area contributed by atoms with Crippen LogP contribution in [0.5, 0.6) is 0 Å². The second-order valence-electron chi connectivity index (χ2n) is 6.11. The van der Waals surface area contributed by atoms with E-state index in [1.54, 1.807) is 0 Å². The summed E-state index contributed by atoms with van der Waals surface area (Å²) in [5.74, 6) is -0.00328. The smallest absolute Gasteiger partial charge is 0.314 e. The van der Waals surface area contributed by atoms with Crippen LogP contribution < -0.4 is 0 Å². The Hall–Kier alpha value is -1.61. The van der Waals surface area contributed by atoms with Gasteiger partial charge in [-0.25, -0.2) is 0 Å². The van der Waals surface area contributed by atoms with Gasteiger partial charge in [-0.2, -0.15) is 0 Å². The molecule has 2 rings (SSSR count). The first-order valence-electron chi connectivity index (χ1n) is 8.86. The van der Waals surface area contributed by atoms with Crippen LogP contribution in [0.1, 0.15) is 44.6 Å². The summed E-state index contributed by atoms with van der Waals surface area (Å²) in [5.41, 5.74) is 1.07. The number of likely N-dealkylation sites (N-methyl/N-ethyl adjacent to an activating group) is 1. The van der Waals surface area contributed by atoms with Crippen LogP contribution in [0.15, 0.2) is 42.5 Å². The van der Waals surface area contributed by atoms with Gasteiger partial charge in [-0.05, 0) is 43.8 Å². The maximum atomic E-state index is 12.7. The lowest BCUT2D eigenvalue weighted by atomic mass is 9.80. The van der Waals surface area contributed by atoms with Crippen molar-refractivity contribution in [1.82, 2.24) is 4.90 Å². The fraction of sp³-hybridized carbons (Fsp3) is 0.550. The second kappa shape index (κ2) is 9.51. The molecule has 0 fully saturated rings. The van der Waals surface area contributed by atoms with E-state index in [0.717, 1.165) is 44.5 Å². The van der Waals surface area contributed by atoms with Crippen molar-refractivity contribution in [1.29, 1.82) is 0 Å². The van der Waals surface area contributed by atoms with E-state index in [9.17, 15) is 4.79 Å². The summed E-state index contributed by atoms with van der Waals surface area (Å²) in [5, 5.41) is 0. The van der Waals surface area contributed by atoms with Gasteiger partial charge in [0.25, 0.3) is 0 Å². The van der Waals surface area contributed by atoms with E-state index in [1.165, 1.54) is 0 Å². The van der Waals surface area contributed by atoms with Crippen LogP contribution in [0.25, 0.3) is 0 Å². The lowest BCUT2D eigenvalue weighted by Gasteiger charge is -2.26. The Bertz CT molecular complexity index is 494. The molecule has 126 valence electrons. The molecule has 0 saturated heterocycles. The van der Waals surface area contributed by atoms with E-state index in [4.69, 9.17) is 4.74 Å². The molecule has 23 heavy (non-hydrogen) atoms. The van der Waals surface area contributed by atoms with Crippen molar-refractivity contribution in [2.45, 2.75) is 39.0 Å². The van der Waals surface area contributed by atoms with Crippen molar-refractivity contribution >= 4 is 5.97 Å². The Morgan fingerprint density at radius 3 is 2.61 bits per heavy atom. The van der Waals surface area contributed by atoms with Crippen LogP contribution in [-0.2, 0) is 9.53 Å². The van der Waals surface area contributed by atoms with Gasteiger partial charge in [0.2, 0.25) is 0 Å². The van der Waals surface area contributed by atoms with Crippen molar-refractivity contribution in [2.24, 2.45) is 5.92 Å². The molecule has 0 amide bonds. The zero-order valence-electron chi connectivity index (χ0n) is 14.4. The largest absolute Gasteiger partial charge is 0.464 e. The van der Waals surface area contributed by atoms with Gasteiger partial charge in [0, 0.05) is 6.54 Å². The van der Waals surface area contributed by atoms with Gasteiger partial charge < -0.3 is 9.64 Å². The number of esters is 1. The monoisotopic (exact) mass is 315 g/mol. The van der Waals surface area contributed by atoms with E-state index < -0.39 is 0 Å². The Kier molecular flexibility index (Phi) is 7.34. The van der Waals surface area contributed by atoms with Gasteiger partial charge in [0.05, 0.1) is 5.92 Å². The molecule has 0 aliphatic heterocycles. The fourth-order valence-corrected chi connectivity index (χ4v) is 3.24. The third-order valence-electron chi connectivity index (χ3n) is 4.68. The number of rotatable bonds is 8. The van der Waals surface area contributed by atoms with Crippen molar-refractivity contribution in [3.05, 3.63) is 48.0 Å². The maximum absolute atomic E-state index is 12.7. The number of nitrogens with zero attached hydrogens (tertiary/aromatic N) is 1. The normalized spacial score (nSPS) is 18.8. The Balaban J connectivity index is 2.03. The van der Waals surface area contributed by atoms with Gasteiger partial charge in [-0.1, -0.05) is 56.3 Å². The summed E-state index contributed by atoms with van der Waals surface area (Å²) < 4.78 is 5.63. The highest BCUT2D eigenvalue weighted by atomic mass is 16.5. The SMILES string of the molecule is CCN(CC)CCOC(=O)[C@@H](c1ccccc1)[C@@H]1C=CCCC1. The molecule has 1 aromatic rings. The summed E-state index contributed by atoms with van der Waals surface area (Å²) in [6, 6.07) is 10.1. The van der Waals surface area contributed by atoms with Gasteiger partial charge in [-0.15, -0.1) is 0 Å². The Morgan fingerprint density at radius 1 is 1.26 bits per heavy atom. The third-order valence-corrected chi connectivity index (χ3v) is 4.68. The van der Waals surface area contributed by atoms with Gasteiger partial charge in [0.15, 0.2) is 0 Å². The Labute approximate surface area is 140 Å². The van der Waals surface area contributed by atoms with Gasteiger partial charge in [-0.3, -0.25) is 4.79 Å². The lowest BCUT2D eigenvalue weighted by molar-refractivity contribution is -0.147. The van der Waals surface area contributed by atoms with E-state index in [0.29, 0.717) is 6.61 Å². The number of hydrogen-bond donors (Lipinski definition) is 0. The average Bonchev–Trinajstić information content (AvgIpc) is 2.61. The highest BCUT2D eigenvalue weighted by Gasteiger charge is 2.30. The van der Waals surface area contributed by atoms with Crippen LogP contribution in [0.4, 0.5) is 0 Å². The molecule has 0 saturated carbocycles. The van der Waals surface area contributed by atoms with E-state index in [2.05, 4.69) is 30.9 Å². The molecule has 0 aromatic heterocycles. The molecule has 0 radical (unpaired) electrons. The van der Waals surface area contributed by atoms with E-state index >= 15 is 0 Å². The number of allylic oxidation sites excluding steroid dienone is 2. The zero-order valence-corrected chi connectivity index (χ0v) is 14.4. The standard InChI is InChI=1S/C20H29NO2/c1-3-21(4-2)15-16-23-20(22)19(17-11-7-5-8-12-17)18-13-9-6-10-14-18/h5,7-9,11-13,18-19H,3-4,6,10,14-16H2,1-2H3/t18-,19+/m1/s1. The first-order chi connectivity index (χ1) is 11.3. The summed E-state index contributed by atoms with van der Waals surface area (Å²) >= 11 is 0. The number of benzene rings is 1. The average molecular weight is 315 g/mol. The van der Waals surface area contributed by atoms with E-state index in [1.807, 2.05) is 30.3 Å². The molecular formula is C20H29NO2. The molecule has 0 heterocycles. The molecular weight excluding hydrogens is 286 g/mol. The summed E-state index contributed by atoms with van der Waals surface area (Å²) in [7, 11) is 0. The first-order valence-corrected chi connectivity index (χ1v) is 8.86. The van der Waals surface area contributed by atoms with Crippen LogP contribution in [0, 0.1) is 5.92 Å². The predicted octanol–water partition coefficient (Wildman–Crippen LogP) is 4.01. The Morgan fingerprint density at radius 2 is 2.00 bits per heavy atom. The molecule has 0 spiro atoms. The number of carbonyl (C=O) groups is 1. The van der Waals surface area contributed by atoms with Gasteiger partial charge >= 0.3 is 5.97 Å². The van der Waals surface area contributed by atoms with Gasteiger partial charge in [0.1, 0.15) is 6.61 Å². The number of carbonyl (C=O) groups excluding carboxylic acids is 1. The minimum atomic E-state index is -0.176. The van der Waals surface area contributed by atoms with Crippen molar-refractivity contribution in [3.63, 3.8) is 0 Å². The fourth-order valence-electron chi connectivity index (χ4n) is 3.24. The first kappa shape index (κ1) is 17.7. The van der Waals surface area contributed by atoms with Crippen LogP contribution >= 0.6 is 0 Å². The van der Waals surface area contributed by atoms with Crippen LogP contribution in [0.3, 0.4) is 0 Å². The molecule has 1 aliphatic carbocycles. The van der Waals surface area contributed by atoms with Crippen molar-refractivity contribution < 1.29 is 9.53 Å². The second-order valence-corrected chi connectivity index (χ2v) is 6.11. The summed E-state index contributed by atoms with van der Waals surface area (Å²) in [6.45, 7) is 7.51. The molecule has 0 unspecified atom stereocenters. The highest BCUT2D eigenvalue weighted by Crippen LogP contribution is 2.33. The van der Waals surface area contributed by atoms with Crippen LogP contribution in [0.2, 0.25) is 0 Å². The number of hydrogen-bond acceptors (Lipinski definition) is 3. The summed E-state index contributed by atoms with van der Waals surface area (Å²) in [6.07, 6.45) is 7.73. The predicted molar refractivity (Wildman–Crippen MR) is 94.4 cm³/mol. The lowest BCUT2D eigenvalue weighted by Crippen LogP contribution is -2.30. The molecule has 3 heteroatoms. The quantitative estimate of drug-likeness (QED) is 0.536. The minimum absolute atomic E-state index is 0.0834. The molecule has 1 aromatic carbocycles. The molecule has 1 aliphatic rings. The van der Waals surface area contributed by atoms with E-state index in [-0.39, 0.29) is 17.8 Å². The number of ether oxygens (including phenoxy) is 1. The maximum Gasteiger partial charge on any atom is 0.314 e. The summed E-state index contributed by atoms with van der Waals surface area (Å²) in [4.78, 5) is 15.0. The molecule has 2 atom stereocenters.